The van der Waals surface area contributed by atoms with E-state index in [9.17, 15) is 0 Å². The monoisotopic (exact) mass is 162 g/mol. The zero-order valence-electron chi connectivity index (χ0n) is 6.54. The minimum Gasteiger partial charge on any atom is -0.361 e. The standard InChI is InChI=1S/C9H10N2O/c12-11-6-7-2-1-3-9-8(7)4-5-10-9/h1-5,10-12H,6H2. The fraction of sp³-hybridized carbons (Fsp3) is 0.111. The molecular formula is C9H10N2O. The number of hydroxylamine groups is 1. The van der Waals surface area contributed by atoms with Gasteiger partial charge in [0.05, 0.1) is 0 Å². The van der Waals surface area contributed by atoms with Crippen LogP contribution in [0.3, 0.4) is 0 Å². The highest BCUT2D eigenvalue weighted by Gasteiger charge is 1.99. The number of aromatic nitrogens is 1. The first-order valence-electron chi connectivity index (χ1n) is 3.84. The molecule has 1 heterocycles. The first kappa shape index (κ1) is 7.34. The summed E-state index contributed by atoms with van der Waals surface area (Å²) in [6, 6.07) is 7.96. The Morgan fingerprint density at radius 3 is 3.08 bits per heavy atom. The van der Waals surface area contributed by atoms with Crippen molar-refractivity contribution < 1.29 is 5.21 Å². The van der Waals surface area contributed by atoms with E-state index in [1.54, 1.807) is 0 Å². The Kier molecular flexibility index (Phi) is 1.81. The van der Waals surface area contributed by atoms with Gasteiger partial charge in [-0.05, 0) is 17.7 Å². The second kappa shape index (κ2) is 2.97. The molecule has 0 saturated heterocycles. The number of hydrogen-bond acceptors (Lipinski definition) is 2. The predicted molar refractivity (Wildman–Crippen MR) is 46.9 cm³/mol. The van der Waals surface area contributed by atoms with Gasteiger partial charge in [-0.2, -0.15) is 0 Å². The van der Waals surface area contributed by atoms with E-state index in [-0.39, 0.29) is 0 Å². The summed E-state index contributed by atoms with van der Waals surface area (Å²) in [5.74, 6) is 0. The highest BCUT2D eigenvalue weighted by Crippen LogP contribution is 2.16. The number of aromatic amines is 1. The van der Waals surface area contributed by atoms with E-state index >= 15 is 0 Å². The van der Waals surface area contributed by atoms with Gasteiger partial charge in [-0.3, -0.25) is 0 Å². The van der Waals surface area contributed by atoms with E-state index in [1.807, 2.05) is 30.5 Å². The minimum absolute atomic E-state index is 0.481. The smallest absolute Gasteiger partial charge is 0.0464 e. The minimum atomic E-state index is 0.481. The molecule has 3 nitrogen and oxygen atoms in total. The third kappa shape index (κ3) is 1.09. The summed E-state index contributed by atoms with van der Waals surface area (Å²) in [4.78, 5) is 3.11. The Morgan fingerprint density at radius 1 is 1.33 bits per heavy atom. The van der Waals surface area contributed by atoms with Crippen molar-refractivity contribution >= 4 is 10.9 Å². The molecule has 0 unspecified atom stereocenters. The largest absolute Gasteiger partial charge is 0.361 e. The zero-order valence-corrected chi connectivity index (χ0v) is 6.54. The van der Waals surface area contributed by atoms with Crippen molar-refractivity contribution in [2.24, 2.45) is 0 Å². The van der Waals surface area contributed by atoms with Gasteiger partial charge in [-0.25, -0.2) is 5.48 Å². The van der Waals surface area contributed by atoms with Gasteiger partial charge in [0.15, 0.2) is 0 Å². The number of fused-ring (bicyclic) bond motifs is 1. The quantitative estimate of drug-likeness (QED) is 0.588. The fourth-order valence-corrected chi connectivity index (χ4v) is 1.39. The van der Waals surface area contributed by atoms with Crippen LogP contribution < -0.4 is 5.48 Å². The number of rotatable bonds is 2. The van der Waals surface area contributed by atoms with Gasteiger partial charge in [0.25, 0.3) is 0 Å². The second-order valence-corrected chi connectivity index (χ2v) is 2.69. The summed E-state index contributed by atoms with van der Waals surface area (Å²) in [6.07, 6.45) is 1.89. The van der Waals surface area contributed by atoms with E-state index in [0.717, 1.165) is 16.5 Å². The van der Waals surface area contributed by atoms with Crippen LogP contribution in [0.1, 0.15) is 5.56 Å². The molecule has 0 atom stereocenters. The van der Waals surface area contributed by atoms with Crippen LogP contribution in [-0.4, -0.2) is 10.2 Å². The molecule has 1 aromatic heterocycles. The SMILES string of the molecule is ONCc1cccc2[nH]ccc12. The van der Waals surface area contributed by atoms with Crippen molar-refractivity contribution in [3.8, 4) is 0 Å². The second-order valence-electron chi connectivity index (χ2n) is 2.69. The topological polar surface area (TPSA) is 48.0 Å². The number of hydrogen-bond donors (Lipinski definition) is 3. The summed E-state index contributed by atoms with van der Waals surface area (Å²) >= 11 is 0. The Balaban J connectivity index is 2.57. The first-order valence-corrected chi connectivity index (χ1v) is 3.84. The van der Waals surface area contributed by atoms with E-state index in [2.05, 4.69) is 10.5 Å². The third-order valence-corrected chi connectivity index (χ3v) is 1.95. The predicted octanol–water partition coefficient (Wildman–Crippen LogP) is 1.65. The summed E-state index contributed by atoms with van der Waals surface area (Å²) in [7, 11) is 0. The highest BCUT2D eigenvalue weighted by atomic mass is 16.5. The van der Waals surface area contributed by atoms with E-state index < -0.39 is 0 Å². The van der Waals surface area contributed by atoms with E-state index in [1.165, 1.54) is 0 Å². The Labute approximate surface area is 70.0 Å². The van der Waals surface area contributed by atoms with Gasteiger partial charge in [-0.1, -0.05) is 12.1 Å². The summed E-state index contributed by atoms with van der Waals surface area (Å²) in [5.41, 5.74) is 4.35. The summed E-state index contributed by atoms with van der Waals surface area (Å²) in [5, 5.41) is 9.71. The molecule has 0 saturated carbocycles. The molecule has 2 aromatic rings. The van der Waals surface area contributed by atoms with Gasteiger partial charge in [0.2, 0.25) is 0 Å². The van der Waals surface area contributed by atoms with Crippen LogP contribution in [0.15, 0.2) is 30.5 Å². The molecule has 62 valence electrons. The molecule has 12 heavy (non-hydrogen) atoms. The van der Waals surface area contributed by atoms with Crippen molar-refractivity contribution in [1.29, 1.82) is 0 Å². The Hall–Kier alpha value is -1.32. The van der Waals surface area contributed by atoms with Crippen LogP contribution in [0.25, 0.3) is 10.9 Å². The van der Waals surface area contributed by atoms with Gasteiger partial charge in [-0.15, -0.1) is 0 Å². The number of H-pyrrole nitrogens is 1. The molecule has 0 fully saturated rings. The average molecular weight is 162 g/mol. The van der Waals surface area contributed by atoms with Crippen LogP contribution in [-0.2, 0) is 6.54 Å². The molecule has 3 heteroatoms. The lowest BCUT2D eigenvalue weighted by molar-refractivity contribution is 0.161. The number of nitrogens with one attached hydrogen (secondary N) is 2. The Bertz CT molecular complexity index is 381. The lowest BCUT2D eigenvalue weighted by Crippen LogP contribution is -2.05. The summed E-state index contributed by atoms with van der Waals surface area (Å²) < 4.78 is 0. The van der Waals surface area contributed by atoms with Crippen molar-refractivity contribution in [3.05, 3.63) is 36.0 Å². The zero-order chi connectivity index (χ0) is 8.39. The average Bonchev–Trinajstić information content (AvgIpc) is 2.53. The maximum atomic E-state index is 8.56. The van der Waals surface area contributed by atoms with Gasteiger partial charge < -0.3 is 10.2 Å². The molecule has 3 N–H and O–H groups in total. The molecule has 1 aromatic carbocycles. The molecule has 0 radical (unpaired) electrons. The lowest BCUT2D eigenvalue weighted by atomic mass is 10.1. The number of benzene rings is 1. The third-order valence-electron chi connectivity index (χ3n) is 1.95. The van der Waals surface area contributed by atoms with Gasteiger partial charge in [0, 0.05) is 23.6 Å². The normalized spacial score (nSPS) is 10.8. The molecule has 0 aliphatic carbocycles. The molecule has 2 rings (SSSR count). The van der Waals surface area contributed by atoms with E-state index in [4.69, 9.17) is 5.21 Å². The molecule has 0 amide bonds. The lowest BCUT2D eigenvalue weighted by Gasteiger charge is -1.99. The molecule has 0 bridgehead atoms. The van der Waals surface area contributed by atoms with Crippen molar-refractivity contribution in [3.63, 3.8) is 0 Å². The van der Waals surface area contributed by atoms with Crippen LogP contribution in [0.4, 0.5) is 0 Å². The van der Waals surface area contributed by atoms with Crippen molar-refractivity contribution in [1.82, 2.24) is 10.5 Å². The van der Waals surface area contributed by atoms with Crippen LogP contribution in [0.5, 0.6) is 0 Å². The molecular weight excluding hydrogens is 152 g/mol. The molecule has 0 aliphatic heterocycles. The van der Waals surface area contributed by atoms with Crippen molar-refractivity contribution in [2.45, 2.75) is 6.54 Å². The van der Waals surface area contributed by atoms with Gasteiger partial charge >= 0.3 is 0 Å². The maximum absolute atomic E-state index is 8.56. The van der Waals surface area contributed by atoms with Crippen LogP contribution in [0, 0.1) is 0 Å². The van der Waals surface area contributed by atoms with Crippen molar-refractivity contribution in [2.75, 3.05) is 0 Å². The molecule has 0 spiro atoms. The molecule has 0 aliphatic rings. The van der Waals surface area contributed by atoms with Crippen LogP contribution >= 0.6 is 0 Å². The highest BCUT2D eigenvalue weighted by molar-refractivity contribution is 5.82. The van der Waals surface area contributed by atoms with Crippen LogP contribution in [0.2, 0.25) is 0 Å². The Morgan fingerprint density at radius 2 is 2.25 bits per heavy atom. The fourth-order valence-electron chi connectivity index (χ4n) is 1.39. The maximum Gasteiger partial charge on any atom is 0.0464 e. The van der Waals surface area contributed by atoms with Gasteiger partial charge in [0.1, 0.15) is 0 Å². The summed E-state index contributed by atoms with van der Waals surface area (Å²) in [6.45, 7) is 0.481. The van der Waals surface area contributed by atoms with E-state index in [0.29, 0.717) is 6.54 Å². The first-order chi connectivity index (χ1) is 5.92.